The first-order valence-electron chi connectivity index (χ1n) is 6.69. The van der Waals surface area contributed by atoms with E-state index >= 15 is 0 Å². The summed E-state index contributed by atoms with van der Waals surface area (Å²) in [6, 6.07) is 6.69. The van der Waals surface area contributed by atoms with E-state index in [1.807, 2.05) is 20.8 Å². The molecule has 0 spiro atoms. The maximum Gasteiger partial charge on any atom is 0.269 e. The minimum atomic E-state index is -0.402. The molecule has 2 amide bonds. The number of ether oxygens (including phenoxy) is 1. The number of hydrogen-bond acceptors (Lipinski definition) is 3. The number of allylic oxidation sites excluding steroid dienone is 3. The molecule has 2 N–H and O–H groups in total. The van der Waals surface area contributed by atoms with Crippen molar-refractivity contribution < 1.29 is 14.3 Å². The van der Waals surface area contributed by atoms with Crippen LogP contribution in [0.3, 0.4) is 0 Å². The fourth-order valence-electron chi connectivity index (χ4n) is 1.44. The molecule has 5 nitrogen and oxygen atoms in total. The molecule has 5 heteroatoms. The van der Waals surface area contributed by atoms with E-state index in [-0.39, 0.29) is 12.0 Å². The van der Waals surface area contributed by atoms with Gasteiger partial charge < -0.3 is 4.74 Å². The molecule has 112 valence electrons. The van der Waals surface area contributed by atoms with Crippen LogP contribution in [-0.2, 0) is 4.79 Å². The van der Waals surface area contributed by atoms with Crippen molar-refractivity contribution in [3.05, 3.63) is 54.1 Å². The molecular formula is C16H20N2O3. The van der Waals surface area contributed by atoms with E-state index in [0.717, 1.165) is 0 Å². The number of benzene rings is 1. The van der Waals surface area contributed by atoms with Crippen LogP contribution >= 0.6 is 0 Å². The molecule has 0 heterocycles. The monoisotopic (exact) mass is 288 g/mol. The number of hydrazine groups is 1. The van der Waals surface area contributed by atoms with Gasteiger partial charge in [0, 0.05) is 11.6 Å². The van der Waals surface area contributed by atoms with Crippen molar-refractivity contribution >= 4 is 11.8 Å². The summed E-state index contributed by atoms with van der Waals surface area (Å²) in [5, 5.41) is 0. The average Bonchev–Trinajstić information content (AvgIpc) is 2.45. The van der Waals surface area contributed by atoms with Gasteiger partial charge in [-0.3, -0.25) is 20.4 Å². The van der Waals surface area contributed by atoms with Crippen LogP contribution in [0.2, 0.25) is 0 Å². The van der Waals surface area contributed by atoms with Gasteiger partial charge in [-0.2, -0.15) is 0 Å². The van der Waals surface area contributed by atoms with Crippen LogP contribution in [0.25, 0.3) is 0 Å². The number of nitrogens with one attached hydrogen (secondary N) is 2. The Bertz CT molecular complexity index is 531. The fraction of sp³-hybridized carbons (Fsp3) is 0.250. The Kier molecular flexibility index (Phi) is 6.74. The number of carbonyl (C=O) groups is 2. The lowest BCUT2D eigenvalue weighted by Crippen LogP contribution is -2.40. The molecule has 1 aromatic carbocycles. The SMILES string of the molecule is CC=CC=CC(=O)NNC(=O)c1ccc(OC(C)C)cc1. The highest BCUT2D eigenvalue weighted by Crippen LogP contribution is 2.13. The Morgan fingerprint density at radius 3 is 2.33 bits per heavy atom. The van der Waals surface area contributed by atoms with Crippen LogP contribution in [0.5, 0.6) is 5.75 Å². The second kappa shape index (κ2) is 8.58. The molecule has 0 saturated heterocycles. The Morgan fingerprint density at radius 2 is 1.76 bits per heavy atom. The van der Waals surface area contributed by atoms with Gasteiger partial charge in [-0.05, 0) is 45.0 Å². The summed E-state index contributed by atoms with van der Waals surface area (Å²) in [4.78, 5) is 23.2. The normalized spacial score (nSPS) is 11.0. The molecule has 1 rings (SSSR count). The Hall–Kier alpha value is -2.56. The number of rotatable bonds is 5. The van der Waals surface area contributed by atoms with Crippen LogP contribution in [0.15, 0.2) is 48.6 Å². The smallest absolute Gasteiger partial charge is 0.269 e. The van der Waals surface area contributed by atoms with Gasteiger partial charge in [0.2, 0.25) is 0 Å². The zero-order valence-electron chi connectivity index (χ0n) is 12.4. The van der Waals surface area contributed by atoms with Crippen LogP contribution in [0, 0.1) is 0 Å². The summed E-state index contributed by atoms with van der Waals surface area (Å²) in [5.41, 5.74) is 5.06. The van der Waals surface area contributed by atoms with Crippen LogP contribution in [-0.4, -0.2) is 17.9 Å². The van der Waals surface area contributed by atoms with Crippen molar-refractivity contribution in [2.24, 2.45) is 0 Å². The molecule has 0 fully saturated rings. The van der Waals surface area contributed by atoms with Gasteiger partial charge in [-0.1, -0.05) is 18.2 Å². The molecule has 1 aromatic rings. The predicted octanol–water partition coefficient (Wildman–Crippen LogP) is 2.37. The van der Waals surface area contributed by atoms with E-state index in [2.05, 4.69) is 10.9 Å². The highest BCUT2D eigenvalue weighted by Gasteiger charge is 2.06. The summed E-state index contributed by atoms with van der Waals surface area (Å²) in [6.45, 7) is 5.70. The maximum atomic E-state index is 11.8. The summed E-state index contributed by atoms with van der Waals surface area (Å²) >= 11 is 0. The highest BCUT2D eigenvalue weighted by molar-refractivity contribution is 5.96. The fourth-order valence-corrected chi connectivity index (χ4v) is 1.44. The third-order valence-electron chi connectivity index (χ3n) is 2.34. The molecule has 0 saturated carbocycles. The summed E-state index contributed by atoms with van der Waals surface area (Å²) in [6.07, 6.45) is 6.49. The third-order valence-corrected chi connectivity index (χ3v) is 2.34. The maximum absolute atomic E-state index is 11.8. The molecular weight excluding hydrogens is 268 g/mol. The first-order valence-corrected chi connectivity index (χ1v) is 6.69. The van der Waals surface area contributed by atoms with E-state index in [9.17, 15) is 9.59 Å². The zero-order valence-corrected chi connectivity index (χ0v) is 12.4. The highest BCUT2D eigenvalue weighted by atomic mass is 16.5. The lowest BCUT2D eigenvalue weighted by molar-refractivity contribution is -0.117. The summed E-state index contributed by atoms with van der Waals surface area (Å²) in [7, 11) is 0. The van der Waals surface area contributed by atoms with E-state index in [1.54, 1.807) is 42.5 Å². The quantitative estimate of drug-likeness (QED) is 0.496. The van der Waals surface area contributed by atoms with Gasteiger partial charge in [0.1, 0.15) is 5.75 Å². The minimum absolute atomic E-state index is 0.0768. The van der Waals surface area contributed by atoms with Gasteiger partial charge in [-0.25, -0.2) is 0 Å². The lowest BCUT2D eigenvalue weighted by atomic mass is 10.2. The zero-order chi connectivity index (χ0) is 15.7. The molecule has 0 aliphatic rings. The van der Waals surface area contributed by atoms with Crippen molar-refractivity contribution in [3.63, 3.8) is 0 Å². The molecule has 0 radical (unpaired) electrons. The molecule has 0 aliphatic carbocycles. The molecule has 0 bridgehead atoms. The third kappa shape index (κ3) is 6.42. The Morgan fingerprint density at radius 1 is 1.10 bits per heavy atom. The van der Waals surface area contributed by atoms with Crippen molar-refractivity contribution in [2.45, 2.75) is 26.9 Å². The summed E-state index contributed by atoms with van der Waals surface area (Å²) < 4.78 is 5.49. The molecule has 0 aromatic heterocycles. The largest absolute Gasteiger partial charge is 0.491 e. The van der Waals surface area contributed by atoms with Gasteiger partial charge in [-0.15, -0.1) is 0 Å². The van der Waals surface area contributed by atoms with Crippen LogP contribution in [0.1, 0.15) is 31.1 Å². The molecule has 0 aliphatic heterocycles. The lowest BCUT2D eigenvalue weighted by Gasteiger charge is -2.10. The van der Waals surface area contributed by atoms with Crippen molar-refractivity contribution in [1.82, 2.24) is 10.9 Å². The van der Waals surface area contributed by atoms with Gasteiger partial charge >= 0.3 is 0 Å². The van der Waals surface area contributed by atoms with E-state index in [1.165, 1.54) is 6.08 Å². The van der Waals surface area contributed by atoms with Gasteiger partial charge in [0.25, 0.3) is 11.8 Å². The first-order chi connectivity index (χ1) is 10.0. The van der Waals surface area contributed by atoms with Crippen LogP contribution < -0.4 is 15.6 Å². The van der Waals surface area contributed by atoms with Crippen molar-refractivity contribution in [3.8, 4) is 5.75 Å². The topological polar surface area (TPSA) is 67.4 Å². The molecule has 0 atom stereocenters. The standard InChI is InChI=1S/C16H20N2O3/c1-4-5-6-7-15(19)17-18-16(20)13-8-10-14(11-9-13)21-12(2)3/h4-12H,1-3H3,(H,17,19)(H,18,20). The average molecular weight is 288 g/mol. The predicted molar refractivity (Wildman–Crippen MR) is 81.8 cm³/mol. The molecule has 0 unspecified atom stereocenters. The van der Waals surface area contributed by atoms with Crippen molar-refractivity contribution in [2.75, 3.05) is 0 Å². The molecule has 21 heavy (non-hydrogen) atoms. The number of carbonyl (C=O) groups excluding carboxylic acids is 2. The van der Waals surface area contributed by atoms with E-state index in [0.29, 0.717) is 11.3 Å². The van der Waals surface area contributed by atoms with Crippen LogP contribution in [0.4, 0.5) is 0 Å². The Balaban J connectivity index is 2.50. The summed E-state index contributed by atoms with van der Waals surface area (Å²) in [5.74, 6) is -0.0973. The Labute approximate surface area is 124 Å². The number of hydrogen-bond donors (Lipinski definition) is 2. The minimum Gasteiger partial charge on any atom is -0.491 e. The first kappa shape index (κ1) is 16.5. The van der Waals surface area contributed by atoms with Gasteiger partial charge in [0.15, 0.2) is 0 Å². The second-order valence-corrected chi connectivity index (χ2v) is 4.52. The van der Waals surface area contributed by atoms with Gasteiger partial charge in [0.05, 0.1) is 6.10 Å². The second-order valence-electron chi connectivity index (χ2n) is 4.52. The van der Waals surface area contributed by atoms with E-state index < -0.39 is 5.91 Å². The number of amides is 2. The van der Waals surface area contributed by atoms with E-state index in [4.69, 9.17) is 4.74 Å². The van der Waals surface area contributed by atoms with Crippen molar-refractivity contribution in [1.29, 1.82) is 0 Å².